The number of thiocarbonyl (C=S) groups is 1. The van der Waals surface area contributed by atoms with Crippen LogP contribution in [-0.4, -0.2) is 34.4 Å². The number of rotatable bonds is 6. The normalized spacial score (nSPS) is 15.5. The second kappa shape index (κ2) is 10.2. The molecule has 5 nitrogen and oxygen atoms in total. The largest absolute Gasteiger partial charge is 0.336 e. The fraction of sp³-hybridized carbons (Fsp3) is 0.250. The van der Waals surface area contributed by atoms with Crippen LogP contribution in [0.3, 0.4) is 0 Å². The molecule has 4 rings (SSSR count). The average molecular weight is 472 g/mol. The van der Waals surface area contributed by atoms with Crippen LogP contribution >= 0.6 is 12.2 Å². The van der Waals surface area contributed by atoms with E-state index in [-0.39, 0.29) is 18.2 Å². The maximum atomic E-state index is 13.5. The monoisotopic (exact) mass is 471 g/mol. The lowest BCUT2D eigenvalue weighted by molar-refractivity contribution is -0.122. The molecule has 34 heavy (non-hydrogen) atoms. The first-order valence-electron chi connectivity index (χ1n) is 11.5. The van der Waals surface area contributed by atoms with Gasteiger partial charge in [0.25, 0.3) is 5.91 Å². The zero-order chi connectivity index (χ0) is 24.2. The van der Waals surface area contributed by atoms with Crippen LogP contribution in [0.25, 0.3) is 0 Å². The van der Waals surface area contributed by atoms with Gasteiger partial charge in [-0.15, -0.1) is 0 Å². The van der Waals surface area contributed by atoms with E-state index >= 15 is 0 Å². The molecule has 0 aromatic heterocycles. The van der Waals surface area contributed by atoms with Crippen molar-refractivity contribution in [1.29, 1.82) is 0 Å². The van der Waals surface area contributed by atoms with E-state index < -0.39 is 6.04 Å². The molecule has 3 aromatic carbocycles. The summed E-state index contributed by atoms with van der Waals surface area (Å²) < 4.78 is 0. The first-order valence-corrected chi connectivity index (χ1v) is 11.9. The van der Waals surface area contributed by atoms with Gasteiger partial charge in [0.1, 0.15) is 6.04 Å². The number of amides is 2. The summed E-state index contributed by atoms with van der Waals surface area (Å²) in [6.07, 6.45) is 0.800. The smallest absolute Gasteiger partial charge is 0.257 e. The minimum atomic E-state index is -0.650. The van der Waals surface area contributed by atoms with E-state index in [9.17, 15) is 9.59 Å². The number of carbonyl (C=O) groups excluding carboxylic acids is 2. The Hall–Kier alpha value is -3.51. The zero-order valence-electron chi connectivity index (χ0n) is 19.7. The lowest BCUT2D eigenvalue weighted by Gasteiger charge is -2.31. The molecule has 174 valence electrons. The fourth-order valence-electron chi connectivity index (χ4n) is 4.18. The number of hydrogen-bond acceptors (Lipinski definition) is 3. The number of nitrogens with zero attached hydrogens (tertiary/aromatic N) is 2. The predicted octanol–water partition coefficient (Wildman–Crippen LogP) is 5.19. The molecule has 1 saturated heterocycles. The molecular weight excluding hydrogens is 442 g/mol. The van der Waals surface area contributed by atoms with Crippen LogP contribution in [0.1, 0.15) is 28.7 Å². The molecule has 0 saturated carbocycles. The van der Waals surface area contributed by atoms with Crippen molar-refractivity contribution in [1.82, 2.24) is 4.90 Å². The highest BCUT2D eigenvalue weighted by molar-refractivity contribution is 7.80. The Morgan fingerprint density at radius 2 is 1.65 bits per heavy atom. The van der Waals surface area contributed by atoms with Gasteiger partial charge in [0.2, 0.25) is 5.91 Å². The van der Waals surface area contributed by atoms with E-state index in [4.69, 9.17) is 12.2 Å². The molecule has 1 heterocycles. The van der Waals surface area contributed by atoms with E-state index in [0.29, 0.717) is 23.8 Å². The number of nitrogens with one attached hydrogen (secondary N) is 1. The van der Waals surface area contributed by atoms with Gasteiger partial charge in [-0.25, -0.2) is 4.90 Å². The molecule has 0 bridgehead atoms. The van der Waals surface area contributed by atoms with Gasteiger partial charge in [-0.05, 0) is 74.3 Å². The van der Waals surface area contributed by atoms with Gasteiger partial charge in [-0.3, -0.25) is 9.59 Å². The highest BCUT2D eigenvalue weighted by Crippen LogP contribution is 2.27. The molecule has 0 radical (unpaired) electrons. The standard InChI is InChI=1S/C28H29N3O2S/c1-19-10-13-23(14-11-19)31-26(32)18-25(27(31)33)30(16-15-22-7-5-4-6-8-22)28(34)29-24-17-20(2)9-12-21(24)3/h4-14,17,25H,15-16,18H2,1-3H3,(H,29,34)/t25-/m1/s1. The number of anilines is 2. The van der Waals surface area contributed by atoms with Crippen LogP contribution in [0.4, 0.5) is 11.4 Å². The van der Waals surface area contributed by atoms with Gasteiger partial charge in [-0.1, -0.05) is 60.2 Å². The summed E-state index contributed by atoms with van der Waals surface area (Å²) >= 11 is 5.81. The van der Waals surface area contributed by atoms with Crippen LogP contribution in [0.15, 0.2) is 72.8 Å². The topological polar surface area (TPSA) is 52.7 Å². The zero-order valence-corrected chi connectivity index (χ0v) is 20.6. The number of benzene rings is 3. The van der Waals surface area contributed by atoms with Crippen molar-refractivity contribution < 1.29 is 9.59 Å². The molecule has 1 aliphatic heterocycles. The van der Waals surface area contributed by atoms with Crippen LogP contribution in [0, 0.1) is 20.8 Å². The van der Waals surface area contributed by atoms with Crippen molar-refractivity contribution in [2.75, 3.05) is 16.8 Å². The first kappa shape index (κ1) is 23.6. The Bertz CT molecular complexity index is 1210. The molecule has 0 aliphatic carbocycles. The van der Waals surface area contributed by atoms with Crippen molar-refractivity contribution in [2.45, 2.75) is 39.7 Å². The maximum absolute atomic E-state index is 13.5. The second-order valence-electron chi connectivity index (χ2n) is 8.80. The van der Waals surface area contributed by atoms with Gasteiger partial charge in [0, 0.05) is 12.2 Å². The third-order valence-corrected chi connectivity index (χ3v) is 6.51. The third kappa shape index (κ3) is 5.18. The summed E-state index contributed by atoms with van der Waals surface area (Å²) in [5, 5.41) is 3.78. The Balaban J connectivity index is 1.61. The van der Waals surface area contributed by atoms with E-state index in [1.165, 1.54) is 4.90 Å². The second-order valence-corrected chi connectivity index (χ2v) is 9.19. The molecule has 2 amide bonds. The lowest BCUT2D eigenvalue weighted by atomic mass is 10.1. The highest BCUT2D eigenvalue weighted by atomic mass is 32.1. The van der Waals surface area contributed by atoms with Gasteiger partial charge in [-0.2, -0.15) is 0 Å². The van der Waals surface area contributed by atoms with E-state index in [0.717, 1.165) is 27.9 Å². The fourth-order valence-corrected chi connectivity index (χ4v) is 4.50. The third-order valence-electron chi connectivity index (χ3n) is 6.17. The Labute approximate surface area is 206 Å². The average Bonchev–Trinajstić information content (AvgIpc) is 3.11. The van der Waals surface area contributed by atoms with Gasteiger partial charge in [0.05, 0.1) is 12.1 Å². The van der Waals surface area contributed by atoms with E-state index in [1.54, 1.807) is 0 Å². The molecule has 6 heteroatoms. The summed E-state index contributed by atoms with van der Waals surface area (Å²) in [7, 11) is 0. The number of aryl methyl sites for hydroxylation is 3. The van der Waals surface area contributed by atoms with Crippen molar-refractivity contribution in [3.63, 3.8) is 0 Å². The molecule has 0 unspecified atom stereocenters. The SMILES string of the molecule is Cc1ccc(N2C(=O)C[C@@H](N(CCc3ccccc3)C(=S)Nc3cc(C)ccc3C)C2=O)cc1. The van der Waals surface area contributed by atoms with Gasteiger partial charge >= 0.3 is 0 Å². The summed E-state index contributed by atoms with van der Waals surface area (Å²) in [6.45, 7) is 6.54. The molecule has 1 atom stereocenters. The minimum absolute atomic E-state index is 0.0934. The van der Waals surface area contributed by atoms with Gasteiger partial charge in [0.15, 0.2) is 5.11 Å². The molecule has 1 N–H and O–H groups in total. The maximum Gasteiger partial charge on any atom is 0.257 e. The highest BCUT2D eigenvalue weighted by Gasteiger charge is 2.43. The first-order chi connectivity index (χ1) is 16.3. The van der Waals surface area contributed by atoms with Crippen molar-refractivity contribution in [3.05, 3.63) is 95.1 Å². The van der Waals surface area contributed by atoms with Crippen LogP contribution in [-0.2, 0) is 16.0 Å². The predicted molar refractivity (Wildman–Crippen MR) is 141 cm³/mol. The molecule has 3 aromatic rings. The van der Waals surface area contributed by atoms with E-state index in [1.807, 2.05) is 80.3 Å². The van der Waals surface area contributed by atoms with Gasteiger partial charge < -0.3 is 10.2 Å². The quantitative estimate of drug-likeness (QED) is 0.396. The van der Waals surface area contributed by atoms with E-state index in [2.05, 4.69) is 23.5 Å². The summed E-state index contributed by atoms with van der Waals surface area (Å²) in [4.78, 5) is 29.6. The van der Waals surface area contributed by atoms with Crippen molar-refractivity contribution in [2.24, 2.45) is 0 Å². The summed E-state index contributed by atoms with van der Waals surface area (Å²) in [5.41, 5.74) is 5.90. The Kier molecular flexibility index (Phi) is 7.08. The number of carbonyl (C=O) groups is 2. The van der Waals surface area contributed by atoms with Crippen molar-refractivity contribution in [3.8, 4) is 0 Å². The van der Waals surface area contributed by atoms with Crippen molar-refractivity contribution >= 4 is 40.5 Å². The number of imide groups is 1. The Morgan fingerprint density at radius 1 is 0.971 bits per heavy atom. The summed E-state index contributed by atoms with van der Waals surface area (Å²) in [5.74, 6) is -0.454. The molecule has 0 spiro atoms. The minimum Gasteiger partial charge on any atom is -0.336 e. The molecule has 1 fully saturated rings. The van der Waals surface area contributed by atoms with Crippen LogP contribution < -0.4 is 10.2 Å². The summed E-state index contributed by atoms with van der Waals surface area (Å²) in [6, 6.07) is 23.0. The van der Waals surface area contributed by atoms with Crippen LogP contribution in [0.5, 0.6) is 0 Å². The Morgan fingerprint density at radius 3 is 2.35 bits per heavy atom. The number of hydrogen-bond donors (Lipinski definition) is 1. The molecular formula is C28H29N3O2S. The van der Waals surface area contributed by atoms with Crippen LogP contribution in [0.2, 0.25) is 0 Å². The lowest BCUT2D eigenvalue weighted by Crippen LogP contribution is -2.48. The molecule has 1 aliphatic rings.